The summed E-state index contributed by atoms with van der Waals surface area (Å²) < 4.78 is 54.9. The van der Waals surface area contributed by atoms with Crippen LogP contribution in [0, 0.1) is 0 Å². The second-order valence-electron chi connectivity index (χ2n) is 3.97. The van der Waals surface area contributed by atoms with Crippen molar-refractivity contribution in [2.24, 2.45) is 0 Å². The predicted molar refractivity (Wildman–Crippen MR) is 75.4 cm³/mol. The van der Waals surface area contributed by atoms with E-state index in [0.29, 0.717) is 5.75 Å². The molecule has 10 heteroatoms. The molecule has 1 rings (SSSR count). The van der Waals surface area contributed by atoms with Gasteiger partial charge in [0.15, 0.2) is 0 Å². The lowest BCUT2D eigenvalue weighted by molar-refractivity contribution is 0.414. The third kappa shape index (κ3) is 4.96. The minimum Gasteiger partial charge on any atom is -0.497 e. The molecule has 0 aliphatic heterocycles. The smallest absolute Gasteiger partial charge is 0.242 e. The minimum absolute atomic E-state index is 0.0475. The van der Waals surface area contributed by atoms with Crippen LogP contribution in [0.1, 0.15) is 0 Å². The average Bonchev–Trinajstić information content (AvgIpc) is 2.33. The lowest BCUT2D eigenvalue weighted by atomic mass is 10.3. The number of sulfonamides is 2. The van der Waals surface area contributed by atoms with E-state index in [1.165, 1.54) is 25.3 Å². The fourth-order valence-corrected chi connectivity index (χ4v) is 3.01. The second-order valence-corrected chi connectivity index (χ2v) is 7.54. The zero-order valence-electron chi connectivity index (χ0n) is 11.1. The number of ether oxygens (including phenoxy) is 1. The molecular formula is C10H17N3O5S2. The second kappa shape index (κ2) is 6.39. The van der Waals surface area contributed by atoms with Crippen LogP contribution >= 0.6 is 0 Å². The van der Waals surface area contributed by atoms with Crippen molar-refractivity contribution in [3.05, 3.63) is 18.2 Å². The summed E-state index contributed by atoms with van der Waals surface area (Å²) >= 11 is 0. The van der Waals surface area contributed by atoms with Crippen LogP contribution in [0.25, 0.3) is 0 Å². The zero-order chi connectivity index (χ0) is 15.4. The van der Waals surface area contributed by atoms with Crippen LogP contribution in [-0.2, 0) is 20.0 Å². The van der Waals surface area contributed by atoms with Crippen LogP contribution in [0.15, 0.2) is 23.1 Å². The van der Waals surface area contributed by atoms with Crippen LogP contribution in [0.4, 0.5) is 5.69 Å². The number of nitrogens with two attached hydrogens (primary N) is 1. The van der Waals surface area contributed by atoms with Gasteiger partial charge in [-0.15, -0.1) is 0 Å². The number of nitrogen functional groups attached to an aromatic ring is 1. The van der Waals surface area contributed by atoms with Crippen LogP contribution in [0.5, 0.6) is 5.75 Å². The number of benzene rings is 1. The summed E-state index contributed by atoms with van der Waals surface area (Å²) in [6.07, 6.45) is 0.989. The standard InChI is InChI=1S/C10H17N3O5S2/c1-18-8-3-4-10(9(11)7-8)20(16,17)13-6-5-12-19(2,14)15/h3-4,7,12-13H,5-6,11H2,1-2H3. The van der Waals surface area contributed by atoms with E-state index in [9.17, 15) is 16.8 Å². The summed E-state index contributed by atoms with van der Waals surface area (Å²) in [6, 6.07) is 4.18. The Kier molecular flexibility index (Phi) is 5.34. The van der Waals surface area contributed by atoms with Gasteiger partial charge >= 0.3 is 0 Å². The fraction of sp³-hybridized carbons (Fsp3) is 0.400. The highest BCUT2D eigenvalue weighted by Gasteiger charge is 2.17. The van der Waals surface area contributed by atoms with E-state index in [2.05, 4.69) is 9.44 Å². The van der Waals surface area contributed by atoms with Crippen LogP contribution in [0.2, 0.25) is 0 Å². The highest BCUT2D eigenvalue weighted by atomic mass is 32.2. The lowest BCUT2D eigenvalue weighted by Crippen LogP contribution is -2.34. The van der Waals surface area contributed by atoms with Gasteiger partial charge in [0.2, 0.25) is 20.0 Å². The van der Waals surface area contributed by atoms with Crippen molar-refractivity contribution in [3.8, 4) is 5.75 Å². The summed E-state index contributed by atoms with van der Waals surface area (Å²) in [5.74, 6) is 0.445. The van der Waals surface area contributed by atoms with E-state index >= 15 is 0 Å². The maximum Gasteiger partial charge on any atom is 0.242 e. The SMILES string of the molecule is COc1ccc(S(=O)(=O)NCCNS(C)(=O)=O)c(N)c1. The molecule has 0 amide bonds. The average molecular weight is 323 g/mol. The van der Waals surface area contributed by atoms with Gasteiger partial charge in [0.25, 0.3) is 0 Å². The predicted octanol–water partition coefficient (Wildman–Crippen LogP) is -0.895. The first-order chi connectivity index (χ1) is 9.15. The van der Waals surface area contributed by atoms with E-state index in [4.69, 9.17) is 10.5 Å². The Morgan fingerprint density at radius 1 is 1.15 bits per heavy atom. The number of anilines is 1. The van der Waals surface area contributed by atoms with Crippen molar-refractivity contribution >= 4 is 25.7 Å². The molecule has 0 atom stereocenters. The topological polar surface area (TPSA) is 128 Å². The molecule has 1 aromatic rings. The monoisotopic (exact) mass is 323 g/mol. The van der Waals surface area contributed by atoms with Crippen LogP contribution < -0.4 is 19.9 Å². The Morgan fingerprint density at radius 2 is 1.75 bits per heavy atom. The van der Waals surface area contributed by atoms with Crippen LogP contribution in [0.3, 0.4) is 0 Å². The van der Waals surface area contributed by atoms with Crippen molar-refractivity contribution in [3.63, 3.8) is 0 Å². The van der Waals surface area contributed by atoms with Gasteiger partial charge in [0.1, 0.15) is 10.6 Å². The number of hydrogen-bond donors (Lipinski definition) is 3. The van der Waals surface area contributed by atoms with Crippen molar-refractivity contribution in [1.82, 2.24) is 9.44 Å². The van der Waals surface area contributed by atoms with Gasteiger partial charge in [0.05, 0.1) is 19.1 Å². The lowest BCUT2D eigenvalue weighted by Gasteiger charge is -2.10. The first kappa shape index (κ1) is 16.7. The largest absolute Gasteiger partial charge is 0.497 e. The normalized spacial score (nSPS) is 12.3. The molecule has 1 aromatic carbocycles. The molecule has 0 fully saturated rings. The molecule has 0 aliphatic rings. The van der Waals surface area contributed by atoms with Gasteiger partial charge in [-0.05, 0) is 12.1 Å². The third-order valence-corrected chi connectivity index (χ3v) is 4.55. The molecule has 0 saturated heterocycles. The summed E-state index contributed by atoms with van der Waals surface area (Å²) in [5.41, 5.74) is 5.69. The highest BCUT2D eigenvalue weighted by molar-refractivity contribution is 7.89. The van der Waals surface area contributed by atoms with Gasteiger partial charge in [-0.3, -0.25) is 0 Å². The summed E-state index contributed by atoms with van der Waals surface area (Å²) in [5, 5.41) is 0. The molecule has 20 heavy (non-hydrogen) atoms. The number of hydrogen-bond acceptors (Lipinski definition) is 6. The molecule has 0 aromatic heterocycles. The number of nitrogens with one attached hydrogen (secondary N) is 2. The van der Waals surface area contributed by atoms with E-state index < -0.39 is 20.0 Å². The third-order valence-electron chi connectivity index (χ3n) is 2.29. The van der Waals surface area contributed by atoms with Crippen molar-refractivity contribution in [2.45, 2.75) is 4.90 Å². The Balaban J connectivity index is 2.74. The van der Waals surface area contributed by atoms with E-state index in [1.54, 1.807) is 0 Å². The van der Waals surface area contributed by atoms with Gasteiger partial charge < -0.3 is 10.5 Å². The Hall–Kier alpha value is -1.36. The Morgan fingerprint density at radius 3 is 2.25 bits per heavy atom. The molecule has 0 bridgehead atoms. The molecule has 0 heterocycles. The van der Waals surface area contributed by atoms with E-state index in [-0.39, 0.29) is 23.7 Å². The van der Waals surface area contributed by atoms with E-state index in [0.717, 1.165) is 6.26 Å². The molecule has 0 radical (unpaired) electrons. The maximum atomic E-state index is 12.0. The maximum absolute atomic E-state index is 12.0. The number of methoxy groups -OCH3 is 1. The van der Waals surface area contributed by atoms with Crippen molar-refractivity contribution in [2.75, 3.05) is 32.2 Å². The Bertz CT molecular complexity index is 670. The zero-order valence-corrected chi connectivity index (χ0v) is 12.7. The molecular weight excluding hydrogens is 306 g/mol. The quantitative estimate of drug-likeness (QED) is 0.441. The van der Waals surface area contributed by atoms with Gasteiger partial charge in [-0.25, -0.2) is 26.3 Å². The van der Waals surface area contributed by atoms with Crippen molar-refractivity contribution < 1.29 is 21.6 Å². The molecule has 0 aliphatic carbocycles. The molecule has 0 saturated carbocycles. The summed E-state index contributed by atoms with van der Waals surface area (Å²) in [6.45, 7) is -0.130. The first-order valence-corrected chi connectivity index (χ1v) is 8.91. The van der Waals surface area contributed by atoms with Gasteiger partial charge in [-0.2, -0.15) is 0 Å². The Labute approximate surface area is 118 Å². The summed E-state index contributed by atoms with van der Waals surface area (Å²) in [7, 11) is -5.71. The number of rotatable bonds is 7. The summed E-state index contributed by atoms with van der Waals surface area (Å²) in [4.78, 5) is -0.0855. The van der Waals surface area contributed by atoms with Crippen molar-refractivity contribution in [1.29, 1.82) is 0 Å². The first-order valence-electron chi connectivity index (χ1n) is 5.53. The minimum atomic E-state index is -3.80. The molecule has 114 valence electrons. The highest BCUT2D eigenvalue weighted by Crippen LogP contribution is 2.23. The van der Waals surface area contributed by atoms with Gasteiger partial charge in [-0.1, -0.05) is 0 Å². The van der Waals surface area contributed by atoms with Gasteiger partial charge in [0, 0.05) is 19.2 Å². The molecule has 8 nitrogen and oxygen atoms in total. The molecule has 0 spiro atoms. The molecule has 4 N–H and O–H groups in total. The van der Waals surface area contributed by atoms with Crippen LogP contribution in [-0.4, -0.2) is 43.3 Å². The fourth-order valence-electron chi connectivity index (χ4n) is 1.40. The molecule has 0 unspecified atom stereocenters. The van der Waals surface area contributed by atoms with E-state index in [1.807, 2.05) is 0 Å².